The molecule has 0 fully saturated rings. The van der Waals surface area contributed by atoms with E-state index in [0.717, 1.165) is 33.7 Å². The fraction of sp³-hybridized carbons (Fsp3) is 0.179. The van der Waals surface area contributed by atoms with Crippen molar-refractivity contribution < 1.29 is 14.3 Å². The molecule has 0 aliphatic carbocycles. The van der Waals surface area contributed by atoms with Crippen molar-refractivity contribution in [3.63, 3.8) is 0 Å². The number of fused-ring (bicyclic) bond motifs is 3. The molecule has 5 rings (SSSR count). The van der Waals surface area contributed by atoms with Crippen LogP contribution in [0.2, 0.25) is 0 Å². The second kappa shape index (κ2) is 8.39. The van der Waals surface area contributed by atoms with Gasteiger partial charge in [0, 0.05) is 29.7 Å². The van der Waals surface area contributed by atoms with Gasteiger partial charge in [0.05, 0.1) is 20.8 Å². The number of ether oxygens (including phenoxy) is 2. The molecule has 4 nitrogen and oxygen atoms in total. The first-order chi connectivity index (χ1) is 15.7. The van der Waals surface area contributed by atoms with E-state index in [1.807, 2.05) is 47.4 Å². The lowest BCUT2D eigenvalue weighted by molar-refractivity contribution is -0.119. The van der Waals surface area contributed by atoms with Crippen molar-refractivity contribution >= 4 is 22.4 Å². The summed E-state index contributed by atoms with van der Waals surface area (Å²) in [5.74, 6) is 1.48. The van der Waals surface area contributed by atoms with Gasteiger partial charge in [-0.3, -0.25) is 4.79 Å². The van der Waals surface area contributed by atoms with Gasteiger partial charge >= 0.3 is 0 Å². The third-order valence-electron chi connectivity index (χ3n) is 6.27. The topological polar surface area (TPSA) is 38.8 Å². The Kier molecular flexibility index (Phi) is 5.28. The van der Waals surface area contributed by atoms with Gasteiger partial charge in [0.25, 0.3) is 0 Å². The Labute approximate surface area is 188 Å². The van der Waals surface area contributed by atoms with Crippen LogP contribution in [0.1, 0.15) is 29.0 Å². The fourth-order valence-corrected chi connectivity index (χ4v) is 4.72. The summed E-state index contributed by atoms with van der Waals surface area (Å²) in [7, 11) is 3.30. The zero-order chi connectivity index (χ0) is 22.1. The lowest BCUT2D eigenvalue weighted by Gasteiger charge is -2.36. The number of hydrogen-bond donors (Lipinski definition) is 0. The highest BCUT2D eigenvalue weighted by Crippen LogP contribution is 2.47. The summed E-state index contributed by atoms with van der Waals surface area (Å²) >= 11 is 0. The van der Waals surface area contributed by atoms with Gasteiger partial charge in [0.15, 0.2) is 0 Å². The number of carbonyl (C=O) groups is 1. The Bertz CT molecular complexity index is 1280. The lowest BCUT2D eigenvalue weighted by atomic mass is 9.80. The monoisotopic (exact) mass is 423 g/mol. The van der Waals surface area contributed by atoms with E-state index in [0.29, 0.717) is 13.0 Å². The first kappa shape index (κ1) is 20.1. The summed E-state index contributed by atoms with van der Waals surface area (Å²) < 4.78 is 11.1. The van der Waals surface area contributed by atoms with Crippen LogP contribution < -0.4 is 14.4 Å². The van der Waals surface area contributed by atoms with Crippen molar-refractivity contribution in [2.24, 2.45) is 0 Å². The van der Waals surface area contributed by atoms with E-state index < -0.39 is 0 Å². The van der Waals surface area contributed by atoms with Crippen LogP contribution in [0.15, 0.2) is 84.9 Å². The normalized spacial score (nSPS) is 15.5. The van der Waals surface area contributed by atoms with Gasteiger partial charge in [-0.15, -0.1) is 0 Å². The molecule has 1 amide bonds. The maximum atomic E-state index is 13.5. The van der Waals surface area contributed by atoms with Crippen molar-refractivity contribution in [2.75, 3.05) is 19.1 Å². The van der Waals surface area contributed by atoms with Crippen molar-refractivity contribution in [3.8, 4) is 11.5 Å². The maximum Gasteiger partial charge on any atom is 0.228 e. The highest BCUT2D eigenvalue weighted by atomic mass is 16.5. The molecule has 1 aliphatic heterocycles. The van der Waals surface area contributed by atoms with Crippen LogP contribution in [0.4, 0.5) is 5.69 Å². The number of amides is 1. The number of nitrogens with zero attached hydrogens (tertiary/aromatic N) is 1. The molecular weight excluding hydrogens is 398 g/mol. The van der Waals surface area contributed by atoms with Gasteiger partial charge in [0.1, 0.15) is 11.5 Å². The predicted octanol–water partition coefficient (Wildman–Crippen LogP) is 5.93. The van der Waals surface area contributed by atoms with Gasteiger partial charge in [0.2, 0.25) is 5.91 Å². The van der Waals surface area contributed by atoms with Crippen molar-refractivity contribution in [1.29, 1.82) is 0 Å². The Balaban J connectivity index is 1.70. The molecule has 4 heteroatoms. The molecule has 0 aromatic heterocycles. The smallest absolute Gasteiger partial charge is 0.228 e. The average Bonchev–Trinajstić information content (AvgIpc) is 2.85. The standard InChI is InChI=1S/C28H25NO3/c1-31-21-13-14-23(26(16-21)32-2)24-17-27(30)29(18-19-8-4-3-5-9-19)25-15-12-20-10-6-7-11-22(20)28(24)25/h3-16,24H,17-18H2,1-2H3. The van der Waals surface area contributed by atoms with Gasteiger partial charge in [-0.25, -0.2) is 0 Å². The van der Waals surface area contributed by atoms with Crippen LogP contribution in [-0.4, -0.2) is 20.1 Å². The number of methoxy groups -OCH3 is 2. The zero-order valence-corrected chi connectivity index (χ0v) is 18.2. The summed E-state index contributed by atoms with van der Waals surface area (Å²) in [6.07, 6.45) is 0.385. The molecule has 160 valence electrons. The summed E-state index contributed by atoms with van der Waals surface area (Å²) in [4.78, 5) is 15.4. The Morgan fingerprint density at radius 2 is 1.66 bits per heavy atom. The van der Waals surface area contributed by atoms with E-state index in [1.165, 1.54) is 10.9 Å². The number of benzene rings is 4. The van der Waals surface area contributed by atoms with Crippen molar-refractivity contribution in [1.82, 2.24) is 0 Å². The van der Waals surface area contributed by atoms with Crippen LogP contribution in [0.3, 0.4) is 0 Å². The summed E-state index contributed by atoms with van der Waals surface area (Å²) in [5.41, 5.74) is 4.24. The zero-order valence-electron chi connectivity index (χ0n) is 18.2. The minimum Gasteiger partial charge on any atom is -0.497 e. The molecule has 1 atom stereocenters. The van der Waals surface area contributed by atoms with Crippen LogP contribution >= 0.6 is 0 Å². The minimum absolute atomic E-state index is 0.100. The molecule has 1 aliphatic rings. The van der Waals surface area contributed by atoms with E-state index in [-0.39, 0.29) is 11.8 Å². The molecule has 1 unspecified atom stereocenters. The molecular formula is C28H25NO3. The average molecular weight is 424 g/mol. The van der Waals surface area contributed by atoms with Crippen LogP contribution in [0.25, 0.3) is 10.8 Å². The molecule has 32 heavy (non-hydrogen) atoms. The minimum atomic E-state index is -0.100. The van der Waals surface area contributed by atoms with Crippen molar-refractivity contribution in [2.45, 2.75) is 18.9 Å². The van der Waals surface area contributed by atoms with E-state index in [2.05, 4.69) is 42.5 Å². The predicted molar refractivity (Wildman–Crippen MR) is 128 cm³/mol. The fourth-order valence-electron chi connectivity index (χ4n) is 4.72. The van der Waals surface area contributed by atoms with Crippen LogP contribution in [0.5, 0.6) is 11.5 Å². The third-order valence-corrected chi connectivity index (χ3v) is 6.27. The molecule has 0 saturated heterocycles. The van der Waals surface area contributed by atoms with E-state index in [1.54, 1.807) is 14.2 Å². The quantitative estimate of drug-likeness (QED) is 0.400. The van der Waals surface area contributed by atoms with Gasteiger partial charge in [-0.1, -0.05) is 66.7 Å². The van der Waals surface area contributed by atoms with Crippen molar-refractivity contribution in [3.05, 3.63) is 102 Å². The number of anilines is 1. The highest BCUT2D eigenvalue weighted by Gasteiger charge is 2.35. The molecule has 4 aromatic carbocycles. The first-order valence-corrected chi connectivity index (χ1v) is 10.8. The summed E-state index contributed by atoms with van der Waals surface area (Å²) in [6.45, 7) is 0.553. The molecule has 0 radical (unpaired) electrons. The third kappa shape index (κ3) is 3.48. The van der Waals surface area contributed by atoms with Gasteiger partial charge < -0.3 is 14.4 Å². The second-order valence-corrected chi connectivity index (χ2v) is 8.05. The Morgan fingerprint density at radius 1 is 0.875 bits per heavy atom. The first-order valence-electron chi connectivity index (χ1n) is 10.8. The second-order valence-electron chi connectivity index (χ2n) is 8.05. The Hall–Kier alpha value is -3.79. The highest BCUT2D eigenvalue weighted by molar-refractivity contribution is 6.03. The SMILES string of the molecule is COc1ccc(C2CC(=O)N(Cc3ccccc3)c3ccc4ccccc4c32)c(OC)c1. The molecule has 0 spiro atoms. The molecule has 0 bridgehead atoms. The van der Waals surface area contributed by atoms with Gasteiger partial charge in [-0.2, -0.15) is 0 Å². The molecule has 1 heterocycles. The lowest BCUT2D eigenvalue weighted by Crippen LogP contribution is -2.36. The Morgan fingerprint density at radius 3 is 2.44 bits per heavy atom. The van der Waals surface area contributed by atoms with Crippen LogP contribution in [0, 0.1) is 0 Å². The van der Waals surface area contributed by atoms with E-state index >= 15 is 0 Å². The molecule has 0 N–H and O–H groups in total. The molecule has 0 saturated carbocycles. The maximum absolute atomic E-state index is 13.5. The van der Waals surface area contributed by atoms with Crippen LogP contribution in [-0.2, 0) is 11.3 Å². The summed E-state index contributed by atoms with van der Waals surface area (Å²) in [5, 5.41) is 2.33. The van der Waals surface area contributed by atoms with Gasteiger partial charge in [-0.05, 0) is 34.0 Å². The summed E-state index contributed by atoms with van der Waals surface area (Å²) in [6, 6.07) is 28.5. The van der Waals surface area contributed by atoms with E-state index in [9.17, 15) is 4.79 Å². The number of rotatable bonds is 5. The number of carbonyl (C=O) groups excluding carboxylic acids is 1. The van der Waals surface area contributed by atoms with E-state index in [4.69, 9.17) is 9.47 Å². The number of hydrogen-bond acceptors (Lipinski definition) is 3. The molecule has 4 aromatic rings. The largest absolute Gasteiger partial charge is 0.497 e.